The number of nitrogens with zero attached hydrogens (tertiary/aromatic N) is 2. The Balaban J connectivity index is 1.45. The van der Waals surface area contributed by atoms with E-state index in [2.05, 4.69) is 10.3 Å². The fraction of sp³-hybridized carbons (Fsp3) is 0.308. The number of hydrogen-bond acceptors (Lipinski definition) is 5. The lowest BCUT2D eigenvalue weighted by Crippen LogP contribution is -2.43. The molecule has 1 fully saturated rings. The molecule has 1 amide bonds. The Morgan fingerprint density at radius 2 is 1.71 bits per heavy atom. The molecule has 1 unspecified atom stereocenters. The van der Waals surface area contributed by atoms with E-state index in [0.29, 0.717) is 32.5 Å². The molecule has 1 N–H and O–H groups in total. The summed E-state index contributed by atoms with van der Waals surface area (Å²) in [5.74, 6) is 0.460. The van der Waals surface area contributed by atoms with Crippen molar-refractivity contribution in [1.29, 1.82) is 0 Å². The van der Waals surface area contributed by atoms with Gasteiger partial charge in [0.05, 0.1) is 12.6 Å². The van der Waals surface area contributed by atoms with Crippen LogP contribution < -0.4 is 10.1 Å². The molecule has 0 aliphatic carbocycles. The Morgan fingerprint density at radius 3 is 2.32 bits per heavy atom. The minimum atomic E-state index is -3.60. The molecule has 7 nitrogen and oxygen atoms in total. The first-order valence-corrected chi connectivity index (χ1v) is 12.9. The Bertz CT molecular complexity index is 1180. The van der Waals surface area contributed by atoms with Crippen LogP contribution in [0.1, 0.15) is 36.9 Å². The van der Waals surface area contributed by atoms with Crippen LogP contribution in [0.4, 0.5) is 0 Å². The number of aromatic nitrogens is 1. The SMILES string of the molecule is CCOc1ccc(C(NC(=O)C2CCN(S(=O)(=O)c3cccnc3)CC2)c2ccccc2)cc1. The van der Waals surface area contributed by atoms with Crippen molar-refractivity contribution >= 4 is 15.9 Å². The van der Waals surface area contributed by atoms with Gasteiger partial charge in [0.1, 0.15) is 10.6 Å². The molecule has 1 aliphatic rings. The van der Waals surface area contributed by atoms with Crippen LogP contribution in [0, 0.1) is 5.92 Å². The van der Waals surface area contributed by atoms with Gasteiger partial charge in [-0.3, -0.25) is 9.78 Å². The molecular weight excluding hydrogens is 450 g/mol. The topological polar surface area (TPSA) is 88.6 Å². The van der Waals surface area contributed by atoms with Crippen molar-refractivity contribution < 1.29 is 17.9 Å². The summed E-state index contributed by atoms with van der Waals surface area (Å²) in [6.07, 6.45) is 3.84. The lowest BCUT2D eigenvalue weighted by Gasteiger charge is -2.31. The molecule has 34 heavy (non-hydrogen) atoms. The quantitative estimate of drug-likeness (QED) is 0.531. The molecular formula is C26H29N3O4S. The summed E-state index contributed by atoms with van der Waals surface area (Å²) < 4.78 is 32.7. The van der Waals surface area contributed by atoms with E-state index < -0.39 is 10.0 Å². The van der Waals surface area contributed by atoms with Crippen LogP contribution in [-0.4, -0.2) is 43.3 Å². The number of carbonyl (C=O) groups excluding carboxylic acids is 1. The van der Waals surface area contributed by atoms with Crippen molar-refractivity contribution in [2.45, 2.75) is 30.7 Å². The first kappa shape index (κ1) is 23.9. The monoisotopic (exact) mass is 479 g/mol. The van der Waals surface area contributed by atoms with Gasteiger partial charge in [0.2, 0.25) is 15.9 Å². The summed E-state index contributed by atoms with van der Waals surface area (Å²) in [5, 5.41) is 3.20. The third-order valence-corrected chi connectivity index (χ3v) is 7.92. The molecule has 0 radical (unpaired) electrons. The molecule has 8 heteroatoms. The van der Waals surface area contributed by atoms with E-state index in [-0.39, 0.29) is 22.8 Å². The van der Waals surface area contributed by atoms with Crippen molar-refractivity contribution in [2.75, 3.05) is 19.7 Å². The smallest absolute Gasteiger partial charge is 0.244 e. The second kappa shape index (κ2) is 10.8. The molecule has 3 aromatic rings. The zero-order valence-electron chi connectivity index (χ0n) is 19.1. The van der Waals surface area contributed by atoms with E-state index in [0.717, 1.165) is 16.9 Å². The maximum absolute atomic E-state index is 13.2. The fourth-order valence-corrected chi connectivity index (χ4v) is 5.63. The number of nitrogens with one attached hydrogen (secondary N) is 1. The molecule has 1 aliphatic heterocycles. The number of piperidine rings is 1. The highest BCUT2D eigenvalue weighted by Crippen LogP contribution is 2.27. The van der Waals surface area contributed by atoms with Gasteiger partial charge < -0.3 is 10.1 Å². The van der Waals surface area contributed by atoms with E-state index in [1.54, 1.807) is 18.3 Å². The normalized spacial score (nSPS) is 16.0. The van der Waals surface area contributed by atoms with Crippen LogP contribution >= 0.6 is 0 Å². The van der Waals surface area contributed by atoms with Gasteiger partial charge in [0, 0.05) is 31.4 Å². The summed E-state index contributed by atoms with van der Waals surface area (Å²) in [4.78, 5) is 17.3. The Hall–Kier alpha value is -3.23. The van der Waals surface area contributed by atoms with Gasteiger partial charge in [-0.2, -0.15) is 4.31 Å². The maximum atomic E-state index is 13.2. The van der Waals surface area contributed by atoms with Gasteiger partial charge in [-0.05, 0) is 55.2 Å². The van der Waals surface area contributed by atoms with Crippen LogP contribution in [-0.2, 0) is 14.8 Å². The number of rotatable bonds is 8. The average Bonchev–Trinajstić information content (AvgIpc) is 2.89. The standard InChI is InChI=1S/C26H29N3O4S/c1-2-33-23-12-10-21(11-13-23)25(20-7-4-3-5-8-20)28-26(30)22-14-17-29(18-15-22)34(31,32)24-9-6-16-27-19-24/h3-13,16,19,22,25H,2,14-15,17-18H2,1H3,(H,28,30). The largest absolute Gasteiger partial charge is 0.494 e. The van der Waals surface area contributed by atoms with Crippen LogP contribution in [0.5, 0.6) is 5.75 Å². The van der Waals surface area contributed by atoms with Gasteiger partial charge in [0.15, 0.2) is 0 Å². The predicted octanol–water partition coefficient (Wildman–Crippen LogP) is 3.79. The van der Waals surface area contributed by atoms with Crippen molar-refractivity contribution in [3.05, 3.63) is 90.3 Å². The minimum Gasteiger partial charge on any atom is -0.494 e. The third kappa shape index (κ3) is 5.46. The number of benzene rings is 2. The second-order valence-corrected chi connectivity index (χ2v) is 10.2. The van der Waals surface area contributed by atoms with Crippen LogP contribution in [0.3, 0.4) is 0 Å². The zero-order valence-corrected chi connectivity index (χ0v) is 19.9. The molecule has 2 aromatic carbocycles. The molecule has 1 aromatic heterocycles. The highest BCUT2D eigenvalue weighted by molar-refractivity contribution is 7.89. The second-order valence-electron chi connectivity index (χ2n) is 8.22. The Labute approximate surface area is 200 Å². The minimum absolute atomic E-state index is 0.0684. The van der Waals surface area contributed by atoms with E-state index in [1.165, 1.54) is 10.5 Å². The molecule has 2 heterocycles. The summed E-state index contributed by atoms with van der Waals surface area (Å²) in [7, 11) is -3.60. The lowest BCUT2D eigenvalue weighted by molar-refractivity contribution is -0.126. The molecule has 1 saturated heterocycles. The molecule has 178 valence electrons. The van der Waals surface area contributed by atoms with Crippen molar-refractivity contribution in [3.8, 4) is 5.75 Å². The third-order valence-electron chi connectivity index (χ3n) is 6.04. The van der Waals surface area contributed by atoms with Gasteiger partial charge in [0.25, 0.3) is 0 Å². The number of pyridine rings is 1. The Morgan fingerprint density at radius 1 is 1.03 bits per heavy atom. The highest BCUT2D eigenvalue weighted by Gasteiger charge is 2.33. The first-order chi connectivity index (χ1) is 16.5. The average molecular weight is 480 g/mol. The summed E-state index contributed by atoms with van der Waals surface area (Å²) in [6, 6.07) is 20.4. The van der Waals surface area contributed by atoms with Gasteiger partial charge in [-0.25, -0.2) is 8.42 Å². The van der Waals surface area contributed by atoms with E-state index in [9.17, 15) is 13.2 Å². The summed E-state index contributed by atoms with van der Waals surface area (Å²) in [6.45, 7) is 3.13. The molecule has 0 spiro atoms. The van der Waals surface area contributed by atoms with Gasteiger partial charge in [-0.15, -0.1) is 0 Å². The number of amides is 1. The fourth-order valence-electron chi connectivity index (χ4n) is 4.19. The van der Waals surface area contributed by atoms with Gasteiger partial charge in [-0.1, -0.05) is 42.5 Å². The van der Waals surface area contributed by atoms with Crippen LogP contribution in [0.2, 0.25) is 0 Å². The van der Waals surface area contributed by atoms with Crippen molar-refractivity contribution in [2.24, 2.45) is 5.92 Å². The summed E-state index contributed by atoms with van der Waals surface area (Å²) >= 11 is 0. The van der Waals surface area contributed by atoms with E-state index in [1.807, 2.05) is 61.5 Å². The van der Waals surface area contributed by atoms with E-state index >= 15 is 0 Å². The Kier molecular flexibility index (Phi) is 7.59. The van der Waals surface area contributed by atoms with Crippen molar-refractivity contribution in [1.82, 2.24) is 14.6 Å². The van der Waals surface area contributed by atoms with E-state index in [4.69, 9.17) is 4.74 Å². The number of hydrogen-bond donors (Lipinski definition) is 1. The molecule has 1 atom stereocenters. The summed E-state index contributed by atoms with van der Waals surface area (Å²) in [5.41, 5.74) is 1.94. The number of sulfonamides is 1. The number of carbonyl (C=O) groups is 1. The molecule has 0 saturated carbocycles. The number of ether oxygens (including phenoxy) is 1. The van der Waals surface area contributed by atoms with Crippen LogP contribution in [0.25, 0.3) is 0 Å². The zero-order chi connectivity index (χ0) is 24.0. The first-order valence-electron chi connectivity index (χ1n) is 11.5. The van der Waals surface area contributed by atoms with Crippen molar-refractivity contribution in [3.63, 3.8) is 0 Å². The van der Waals surface area contributed by atoms with Gasteiger partial charge >= 0.3 is 0 Å². The molecule has 4 rings (SSSR count). The highest BCUT2D eigenvalue weighted by atomic mass is 32.2. The lowest BCUT2D eigenvalue weighted by atomic mass is 9.94. The maximum Gasteiger partial charge on any atom is 0.244 e. The predicted molar refractivity (Wildman–Crippen MR) is 130 cm³/mol. The molecule has 0 bridgehead atoms. The van der Waals surface area contributed by atoms with Crippen LogP contribution in [0.15, 0.2) is 84.0 Å².